The fourth-order valence-electron chi connectivity index (χ4n) is 6.31. The lowest BCUT2D eigenvalue weighted by Crippen LogP contribution is -2.75. The highest BCUT2D eigenvalue weighted by Gasteiger charge is 2.53. The number of benzene rings is 3. The van der Waals surface area contributed by atoms with Crippen LogP contribution in [0, 0.1) is 0 Å². The number of nitrogens with one attached hydrogen (secondary N) is 1. The molecule has 6 rings (SSSR count). The van der Waals surface area contributed by atoms with E-state index >= 15 is 0 Å². The average molecular weight is 581 g/mol. The van der Waals surface area contributed by atoms with E-state index in [1.807, 2.05) is 79.7 Å². The summed E-state index contributed by atoms with van der Waals surface area (Å²) >= 11 is 0. The van der Waals surface area contributed by atoms with Crippen molar-refractivity contribution in [3.05, 3.63) is 90.1 Å². The molecule has 2 saturated heterocycles. The molecule has 3 heterocycles. The molecular formula is C33H36N6O4. The summed E-state index contributed by atoms with van der Waals surface area (Å²) in [5.74, 6) is -0.465. The normalized spacial score (nSPS) is 20.5. The first-order chi connectivity index (χ1) is 21.0. The number of unbranched alkanes of at least 4 members (excludes halogenated alkanes) is 1. The Hall–Kier alpha value is -4.54. The number of hydrogen-bond donors (Lipinski definition) is 2. The van der Waals surface area contributed by atoms with E-state index in [1.54, 1.807) is 16.0 Å². The standard InChI is InChI=1S/C33H36N6O4/c1-22-31-38(29(40)21-43-39(31)33(42)36-19-25-12-6-10-23-9-2-3-15-27(23)25)28(16-4-5-17-34)32(41)37(22)20-26-13-7-11-24-14-8-18-35-30(24)26/h2-3,6-15,18,22,28,31H,4-5,16-17,19-21,34H2,1H3,(H,36,42)/t22-,28-,31-/m0/s1. The molecule has 3 aromatic carbocycles. The van der Waals surface area contributed by atoms with Crippen molar-refractivity contribution in [1.29, 1.82) is 0 Å². The van der Waals surface area contributed by atoms with E-state index in [1.165, 1.54) is 5.06 Å². The Balaban J connectivity index is 1.30. The van der Waals surface area contributed by atoms with Crippen LogP contribution in [-0.4, -0.2) is 69.1 Å². The van der Waals surface area contributed by atoms with Crippen molar-refractivity contribution in [1.82, 2.24) is 25.2 Å². The number of nitrogens with two attached hydrogens (primary N) is 1. The summed E-state index contributed by atoms with van der Waals surface area (Å²) in [6.07, 6.45) is 2.78. The number of urea groups is 1. The number of aromatic nitrogens is 1. The van der Waals surface area contributed by atoms with Gasteiger partial charge in [-0.2, -0.15) is 5.06 Å². The minimum atomic E-state index is -0.808. The molecule has 4 aromatic rings. The van der Waals surface area contributed by atoms with Crippen LogP contribution in [0.25, 0.3) is 21.7 Å². The van der Waals surface area contributed by atoms with Gasteiger partial charge in [-0.15, -0.1) is 0 Å². The number of carbonyl (C=O) groups excluding carboxylic acids is 3. The Kier molecular flexibility index (Phi) is 8.22. The van der Waals surface area contributed by atoms with Crippen molar-refractivity contribution >= 4 is 39.5 Å². The van der Waals surface area contributed by atoms with Gasteiger partial charge in [0.05, 0.1) is 11.6 Å². The lowest BCUT2D eigenvalue weighted by Gasteiger charge is -2.54. The topological polar surface area (TPSA) is 121 Å². The van der Waals surface area contributed by atoms with E-state index in [9.17, 15) is 14.4 Å². The van der Waals surface area contributed by atoms with E-state index in [-0.39, 0.29) is 31.5 Å². The third-order valence-corrected chi connectivity index (χ3v) is 8.47. The zero-order chi connectivity index (χ0) is 29.9. The highest BCUT2D eigenvalue weighted by Crippen LogP contribution is 2.33. The number of hydroxylamine groups is 2. The molecule has 0 bridgehead atoms. The van der Waals surface area contributed by atoms with E-state index in [0.29, 0.717) is 19.4 Å². The summed E-state index contributed by atoms with van der Waals surface area (Å²) in [6, 6.07) is 22.0. The SMILES string of the molecule is C[C@H]1[C@@H]2N(C(=O)NCc3cccc4ccccc34)OCC(=O)N2[C@@H](CCCCN)C(=O)N1Cc1cccc2cccnc12. The van der Waals surface area contributed by atoms with Crippen molar-refractivity contribution in [2.75, 3.05) is 13.2 Å². The van der Waals surface area contributed by atoms with E-state index < -0.39 is 24.3 Å². The van der Waals surface area contributed by atoms with Gasteiger partial charge in [0.25, 0.3) is 5.91 Å². The first kappa shape index (κ1) is 28.6. The number of fused-ring (bicyclic) bond motifs is 3. The average Bonchev–Trinajstić information content (AvgIpc) is 3.03. The number of amides is 4. The predicted octanol–water partition coefficient (Wildman–Crippen LogP) is 3.93. The number of nitrogens with zero attached hydrogens (tertiary/aromatic N) is 4. The van der Waals surface area contributed by atoms with Crippen LogP contribution in [0.3, 0.4) is 0 Å². The number of pyridine rings is 1. The third-order valence-electron chi connectivity index (χ3n) is 8.47. The fraction of sp³-hybridized carbons (Fsp3) is 0.333. The molecule has 0 unspecified atom stereocenters. The monoisotopic (exact) mass is 580 g/mol. The molecule has 3 N–H and O–H groups in total. The molecule has 3 atom stereocenters. The van der Waals surface area contributed by atoms with Crippen molar-refractivity contribution in [3.63, 3.8) is 0 Å². The maximum absolute atomic E-state index is 14.1. The van der Waals surface area contributed by atoms with Crippen LogP contribution >= 0.6 is 0 Å². The molecule has 4 amide bonds. The van der Waals surface area contributed by atoms with Gasteiger partial charge < -0.3 is 20.9 Å². The smallest absolute Gasteiger partial charge is 0.332 e. The van der Waals surface area contributed by atoms with Crippen molar-refractivity contribution in [3.8, 4) is 0 Å². The van der Waals surface area contributed by atoms with Gasteiger partial charge in [0, 0.05) is 24.7 Å². The lowest BCUT2D eigenvalue weighted by atomic mass is 9.96. The predicted molar refractivity (Wildman–Crippen MR) is 163 cm³/mol. The molecular weight excluding hydrogens is 544 g/mol. The van der Waals surface area contributed by atoms with Gasteiger partial charge in [0.1, 0.15) is 6.04 Å². The molecule has 1 aromatic heterocycles. The highest BCUT2D eigenvalue weighted by atomic mass is 16.7. The molecule has 43 heavy (non-hydrogen) atoms. The maximum atomic E-state index is 14.1. The summed E-state index contributed by atoms with van der Waals surface area (Å²) in [6.45, 7) is 2.59. The summed E-state index contributed by atoms with van der Waals surface area (Å²) in [5.41, 5.74) is 8.43. The fourth-order valence-corrected chi connectivity index (χ4v) is 6.31. The lowest BCUT2D eigenvalue weighted by molar-refractivity contribution is -0.246. The minimum absolute atomic E-state index is 0.153. The van der Waals surface area contributed by atoms with Crippen LogP contribution in [0.15, 0.2) is 79.0 Å². The zero-order valence-electron chi connectivity index (χ0n) is 24.2. The van der Waals surface area contributed by atoms with Crippen LogP contribution in [0.5, 0.6) is 0 Å². The molecule has 10 nitrogen and oxygen atoms in total. The van der Waals surface area contributed by atoms with Crippen LogP contribution < -0.4 is 11.1 Å². The van der Waals surface area contributed by atoms with Crippen LogP contribution in [-0.2, 0) is 27.5 Å². The van der Waals surface area contributed by atoms with Crippen LogP contribution in [0.4, 0.5) is 4.79 Å². The number of carbonyl (C=O) groups is 3. The molecule has 2 aliphatic heterocycles. The van der Waals surface area contributed by atoms with Gasteiger partial charge in [0.2, 0.25) is 5.91 Å². The molecule has 2 aliphatic rings. The molecule has 0 aliphatic carbocycles. The Morgan fingerprint density at radius 2 is 1.72 bits per heavy atom. The number of rotatable bonds is 8. The molecule has 0 radical (unpaired) electrons. The van der Waals surface area contributed by atoms with E-state index in [0.717, 1.165) is 39.2 Å². The number of hydrogen-bond acceptors (Lipinski definition) is 6. The van der Waals surface area contributed by atoms with Gasteiger partial charge in [-0.3, -0.25) is 19.4 Å². The Morgan fingerprint density at radius 1 is 0.977 bits per heavy atom. The quantitative estimate of drug-likeness (QED) is 0.305. The third kappa shape index (κ3) is 5.51. The van der Waals surface area contributed by atoms with Crippen LogP contribution in [0.2, 0.25) is 0 Å². The zero-order valence-corrected chi connectivity index (χ0v) is 24.2. The summed E-state index contributed by atoms with van der Waals surface area (Å²) in [4.78, 5) is 54.9. The van der Waals surface area contributed by atoms with Gasteiger partial charge in [-0.05, 0) is 60.7 Å². The van der Waals surface area contributed by atoms with E-state index in [2.05, 4.69) is 10.3 Å². The Labute approximate surface area is 250 Å². The van der Waals surface area contributed by atoms with Crippen molar-refractivity contribution < 1.29 is 19.2 Å². The Bertz CT molecular complexity index is 1650. The summed E-state index contributed by atoms with van der Waals surface area (Å²) < 4.78 is 0. The van der Waals surface area contributed by atoms with Crippen molar-refractivity contribution in [2.24, 2.45) is 5.73 Å². The first-order valence-corrected chi connectivity index (χ1v) is 14.8. The van der Waals surface area contributed by atoms with Gasteiger partial charge in [-0.1, -0.05) is 66.7 Å². The van der Waals surface area contributed by atoms with Gasteiger partial charge in [-0.25, -0.2) is 4.79 Å². The van der Waals surface area contributed by atoms with Crippen molar-refractivity contribution in [2.45, 2.75) is 57.5 Å². The molecule has 10 heteroatoms. The number of piperazine rings is 1. The first-order valence-electron chi connectivity index (χ1n) is 14.8. The van der Waals surface area contributed by atoms with Gasteiger partial charge in [0.15, 0.2) is 12.8 Å². The second-order valence-electron chi connectivity index (χ2n) is 11.1. The highest BCUT2D eigenvalue weighted by molar-refractivity contribution is 5.92. The molecule has 222 valence electrons. The van der Waals surface area contributed by atoms with Crippen LogP contribution in [0.1, 0.15) is 37.3 Å². The van der Waals surface area contributed by atoms with E-state index in [4.69, 9.17) is 10.6 Å². The number of para-hydroxylation sites is 1. The summed E-state index contributed by atoms with van der Waals surface area (Å²) in [7, 11) is 0. The Morgan fingerprint density at radius 3 is 2.56 bits per heavy atom. The van der Waals surface area contributed by atoms with Gasteiger partial charge >= 0.3 is 6.03 Å². The molecule has 0 saturated carbocycles. The second-order valence-corrected chi connectivity index (χ2v) is 11.1. The largest absolute Gasteiger partial charge is 0.343 e. The summed E-state index contributed by atoms with van der Waals surface area (Å²) in [5, 5.41) is 7.34. The maximum Gasteiger partial charge on any atom is 0.343 e. The minimum Gasteiger partial charge on any atom is -0.332 e. The second kappa shape index (κ2) is 12.4. The molecule has 0 spiro atoms. The molecule has 2 fully saturated rings.